The summed E-state index contributed by atoms with van der Waals surface area (Å²) >= 11 is 0. The molecule has 4 rings (SSSR count). The number of phenols is 2. The van der Waals surface area contributed by atoms with Crippen LogP contribution in [0.5, 0.6) is 11.5 Å². The van der Waals surface area contributed by atoms with Crippen LogP contribution in [0.25, 0.3) is 0 Å². The number of hydrogen-bond acceptors (Lipinski definition) is 9. The van der Waals surface area contributed by atoms with Crippen molar-refractivity contribution in [3.8, 4) is 11.5 Å². The van der Waals surface area contributed by atoms with Gasteiger partial charge in [0.1, 0.15) is 29.2 Å². The molecule has 2 aliphatic heterocycles. The number of amides is 3. The molecule has 12 nitrogen and oxygen atoms in total. The molecule has 2 aromatic rings. The first-order chi connectivity index (χ1) is 20.0. The smallest absolute Gasteiger partial charge is 0.243 e. The summed E-state index contributed by atoms with van der Waals surface area (Å²) in [7, 11) is 0. The van der Waals surface area contributed by atoms with E-state index in [-0.39, 0.29) is 49.2 Å². The van der Waals surface area contributed by atoms with Crippen molar-refractivity contribution in [3.05, 3.63) is 59.7 Å². The number of hydrogen-bond donors (Lipinski definition) is 5. The number of Topliss-reactive ketones (excluding diaryl/α,β-unsaturated/α-hetero) is 1. The Hall–Kier alpha value is -4.00. The molecule has 12 heteroatoms. The van der Waals surface area contributed by atoms with Crippen molar-refractivity contribution in [3.63, 3.8) is 0 Å². The standard InChI is InChI=1S/C30H38N4O8/c1-19(31-26(37)17-34-10-12-41-13-11-34)28(39)33-24(15-21-8-9-22(35)16-25(21)36)29(40)32-23(27(38)30(2)18-42-30)14-20-6-4-3-5-7-20/h3-9,16,19,23-24,35-36H,10-15,17-18H2,1-2H3,(H,31,37)(H,32,40)(H,33,39)/t19?,23?,24?,30-/m1/s1. The third-order valence-corrected chi connectivity index (χ3v) is 7.38. The Bertz CT molecular complexity index is 1280. The molecule has 2 aliphatic rings. The van der Waals surface area contributed by atoms with E-state index in [1.165, 1.54) is 19.1 Å². The largest absolute Gasteiger partial charge is 0.508 e. The first-order valence-corrected chi connectivity index (χ1v) is 14.0. The van der Waals surface area contributed by atoms with Crippen LogP contribution in [0.4, 0.5) is 0 Å². The lowest BCUT2D eigenvalue weighted by molar-refractivity contribution is -0.134. The van der Waals surface area contributed by atoms with Gasteiger partial charge in [0.2, 0.25) is 17.7 Å². The van der Waals surface area contributed by atoms with Gasteiger partial charge in [-0.1, -0.05) is 36.4 Å². The van der Waals surface area contributed by atoms with Gasteiger partial charge in [0.25, 0.3) is 0 Å². The number of nitrogens with one attached hydrogen (secondary N) is 3. The normalized spacial score (nSPS) is 20.5. The summed E-state index contributed by atoms with van der Waals surface area (Å²) in [5, 5.41) is 28.2. The highest BCUT2D eigenvalue weighted by Gasteiger charge is 2.50. The Morgan fingerprint density at radius 2 is 1.60 bits per heavy atom. The van der Waals surface area contributed by atoms with Crippen molar-refractivity contribution in [1.82, 2.24) is 20.9 Å². The average Bonchev–Trinajstić information content (AvgIpc) is 3.72. The van der Waals surface area contributed by atoms with Crippen molar-refractivity contribution in [1.29, 1.82) is 0 Å². The molecule has 42 heavy (non-hydrogen) atoms. The number of ketones is 1. The van der Waals surface area contributed by atoms with E-state index in [9.17, 15) is 29.4 Å². The number of nitrogens with zero attached hydrogens (tertiary/aromatic N) is 1. The third kappa shape index (κ3) is 8.51. The van der Waals surface area contributed by atoms with Crippen molar-refractivity contribution in [2.75, 3.05) is 39.5 Å². The van der Waals surface area contributed by atoms with E-state index in [4.69, 9.17) is 9.47 Å². The summed E-state index contributed by atoms with van der Waals surface area (Å²) in [6.45, 7) is 5.80. The van der Waals surface area contributed by atoms with Gasteiger partial charge in [0.05, 0.1) is 32.4 Å². The topological polar surface area (TPSA) is 170 Å². The van der Waals surface area contributed by atoms with Gasteiger partial charge >= 0.3 is 0 Å². The summed E-state index contributed by atoms with van der Waals surface area (Å²) in [6, 6.07) is 10.0. The second-order valence-electron chi connectivity index (χ2n) is 10.9. The summed E-state index contributed by atoms with van der Waals surface area (Å²) < 4.78 is 10.6. The molecule has 0 spiro atoms. The predicted octanol–water partition coefficient (Wildman–Crippen LogP) is 0.0475. The molecule has 0 saturated carbocycles. The zero-order chi connectivity index (χ0) is 30.3. The number of epoxide rings is 1. The Morgan fingerprint density at radius 3 is 2.24 bits per heavy atom. The van der Waals surface area contributed by atoms with Crippen LogP contribution in [0.1, 0.15) is 25.0 Å². The molecule has 5 N–H and O–H groups in total. The quantitative estimate of drug-likeness (QED) is 0.205. The van der Waals surface area contributed by atoms with Gasteiger partial charge in [-0.25, -0.2) is 0 Å². The van der Waals surface area contributed by atoms with Crippen LogP contribution in [0, 0.1) is 0 Å². The van der Waals surface area contributed by atoms with Crippen molar-refractivity contribution < 1.29 is 38.9 Å². The van der Waals surface area contributed by atoms with Crippen molar-refractivity contribution >= 4 is 23.5 Å². The Balaban J connectivity index is 1.48. The minimum absolute atomic E-state index is 0.108. The fourth-order valence-corrected chi connectivity index (χ4v) is 4.72. The van der Waals surface area contributed by atoms with Gasteiger partial charge in [-0.3, -0.25) is 24.1 Å². The minimum Gasteiger partial charge on any atom is -0.508 e. The molecule has 3 unspecified atom stereocenters. The highest BCUT2D eigenvalue weighted by Crippen LogP contribution is 2.29. The first-order valence-electron chi connectivity index (χ1n) is 14.0. The predicted molar refractivity (Wildman–Crippen MR) is 152 cm³/mol. The van der Waals surface area contributed by atoms with Crippen LogP contribution in [-0.4, -0.2) is 102 Å². The van der Waals surface area contributed by atoms with Gasteiger partial charge in [-0.15, -0.1) is 0 Å². The molecular formula is C30H38N4O8. The maximum Gasteiger partial charge on any atom is 0.243 e. The number of morpholine rings is 1. The molecule has 2 fully saturated rings. The highest BCUT2D eigenvalue weighted by molar-refractivity contribution is 5.98. The maximum absolute atomic E-state index is 13.7. The van der Waals surface area contributed by atoms with E-state index in [1.807, 2.05) is 35.2 Å². The fraction of sp³-hybridized carbons (Fsp3) is 0.467. The average molecular weight is 583 g/mol. The summed E-state index contributed by atoms with van der Waals surface area (Å²) in [5.74, 6) is -2.33. The Labute approximate surface area is 244 Å². The fourth-order valence-electron chi connectivity index (χ4n) is 4.72. The first kappa shape index (κ1) is 30.9. The minimum atomic E-state index is -1.22. The number of phenolic OH excluding ortho intramolecular Hbond substituents is 2. The summed E-state index contributed by atoms with van der Waals surface area (Å²) in [4.78, 5) is 54.6. The number of carbonyl (C=O) groups is 4. The molecule has 2 aromatic carbocycles. The van der Waals surface area contributed by atoms with Crippen LogP contribution >= 0.6 is 0 Å². The Morgan fingerprint density at radius 1 is 0.929 bits per heavy atom. The van der Waals surface area contributed by atoms with Crippen LogP contribution in [0.3, 0.4) is 0 Å². The van der Waals surface area contributed by atoms with Crippen LogP contribution in [0.2, 0.25) is 0 Å². The monoisotopic (exact) mass is 582 g/mol. The van der Waals surface area contributed by atoms with Gasteiger partial charge in [0, 0.05) is 25.6 Å². The van der Waals surface area contributed by atoms with Gasteiger partial charge in [0.15, 0.2) is 5.78 Å². The van der Waals surface area contributed by atoms with Crippen molar-refractivity contribution in [2.45, 2.75) is 50.4 Å². The second-order valence-corrected chi connectivity index (χ2v) is 10.9. The van der Waals surface area contributed by atoms with Gasteiger partial charge in [-0.2, -0.15) is 0 Å². The zero-order valence-electron chi connectivity index (χ0n) is 23.8. The Kier molecular flexibility index (Phi) is 10.2. The zero-order valence-corrected chi connectivity index (χ0v) is 23.8. The van der Waals surface area contributed by atoms with E-state index in [0.717, 1.165) is 11.6 Å². The van der Waals surface area contributed by atoms with Crippen LogP contribution < -0.4 is 16.0 Å². The van der Waals surface area contributed by atoms with Crippen molar-refractivity contribution in [2.24, 2.45) is 0 Å². The molecule has 0 radical (unpaired) electrons. The molecule has 3 amide bonds. The van der Waals surface area contributed by atoms with E-state index in [1.54, 1.807) is 6.92 Å². The van der Waals surface area contributed by atoms with E-state index in [2.05, 4.69) is 16.0 Å². The lowest BCUT2D eigenvalue weighted by atomic mass is 9.94. The molecule has 2 heterocycles. The number of aromatic hydroxyl groups is 2. The third-order valence-electron chi connectivity index (χ3n) is 7.38. The number of benzene rings is 2. The number of ether oxygens (including phenoxy) is 2. The van der Waals surface area contributed by atoms with Crippen LogP contribution in [-0.2, 0) is 41.5 Å². The molecule has 0 aromatic heterocycles. The molecule has 0 bridgehead atoms. The summed E-state index contributed by atoms with van der Waals surface area (Å²) in [6.07, 6.45) is 0.0711. The molecular weight excluding hydrogens is 544 g/mol. The second kappa shape index (κ2) is 13.8. The van der Waals surface area contributed by atoms with Gasteiger partial charge < -0.3 is 35.6 Å². The van der Waals surface area contributed by atoms with E-state index >= 15 is 0 Å². The van der Waals surface area contributed by atoms with Crippen LogP contribution in [0.15, 0.2) is 48.5 Å². The summed E-state index contributed by atoms with van der Waals surface area (Å²) in [5.41, 5.74) is 0.120. The SMILES string of the molecule is CC(NC(=O)CN1CCOCC1)C(=O)NC(Cc1ccc(O)cc1O)C(=O)NC(Cc1ccccc1)C(=O)[C@@]1(C)CO1. The van der Waals surface area contributed by atoms with Gasteiger partial charge in [-0.05, 0) is 37.5 Å². The lowest BCUT2D eigenvalue weighted by Gasteiger charge is -2.27. The lowest BCUT2D eigenvalue weighted by Crippen LogP contribution is -2.57. The molecule has 4 atom stereocenters. The van der Waals surface area contributed by atoms with E-state index in [0.29, 0.717) is 31.9 Å². The highest BCUT2D eigenvalue weighted by atomic mass is 16.6. The number of rotatable bonds is 13. The molecule has 226 valence electrons. The van der Waals surface area contributed by atoms with E-state index < -0.39 is 35.5 Å². The number of carbonyl (C=O) groups excluding carboxylic acids is 4. The molecule has 2 saturated heterocycles. The maximum atomic E-state index is 13.7. The molecule has 0 aliphatic carbocycles.